The third-order valence-corrected chi connectivity index (χ3v) is 2.46. The van der Waals surface area contributed by atoms with E-state index in [9.17, 15) is 18.0 Å². The minimum atomic E-state index is -4.42. The van der Waals surface area contributed by atoms with Crippen LogP contribution in [0.2, 0.25) is 0 Å². The summed E-state index contributed by atoms with van der Waals surface area (Å²) < 4.78 is 37.6. The van der Waals surface area contributed by atoms with E-state index in [1.54, 1.807) is 0 Å². The summed E-state index contributed by atoms with van der Waals surface area (Å²) in [5, 5.41) is 2.38. The fourth-order valence-electron chi connectivity index (χ4n) is 1.48. The van der Waals surface area contributed by atoms with Gasteiger partial charge in [-0.25, -0.2) is 4.98 Å². The summed E-state index contributed by atoms with van der Waals surface area (Å²) in [7, 11) is 0. The van der Waals surface area contributed by atoms with E-state index < -0.39 is 23.7 Å². The van der Waals surface area contributed by atoms with Crippen molar-refractivity contribution < 1.29 is 18.0 Å². The molecular formula is C11H11F3N4O. The van der Waals surface area contributed by atoms with Crippen LogP contribution in [0.4, 0.5) is 19.1 Å². The smallest absolute Gasteiger partial charge is 0.324 e. The van der Waals surface area contributed by atoms with Crippen LogP contribution in [0.5, 0.6) is 0 Å². The van der Waals surface area contributed by atoms with E-state index in [0.717, 1.165) is 12.1 Å². The van der Waals surface area contributed by atoms with E-state index in [0.29, 0.717) is 5.52 Å². The highest BCUT2D eigenvalue weighted by Crippen LogP contribution is 2.31. The van der Waals surface area contributed by atoms with Crippen molar-refractivity contribution in [3.8, 4) is 0 Å². The normalized spacial score (nSPS) is 13.5. The number of alkyl halides is 3. The number of amides is 1. The molecule has 0 saturated heterocycles. The maximum absolute atomic E-state index is 12.5. The number of halogens is 3. The molecule has 1 aromatic carbocycles. The second kappa shape index (κ2) is 4.54. The van der Waals surface area contributed by atoms with E-state index in [1.807, 2.05) is 0 Å². The second-order valence-electron chi connectivity index (χ2n) is 4.09. The molecule has 102 valence electrons. The first kappa shape index (κ1) is 13.3. The summed E-state index contributed by atoms with van der Waals surface area (Å²) in [6, 6.07) is 2.36. The molecule has 2 rings (SSSR count). The molecule has 1 atom stereocenters. The lowest BCUT2D eigenvalue weighted by Gasteiger charge is -2.05. The zero-order valence-corrected chi connectivity index (χ0v) is 9.88. The Bertz CT molecular complexity index is 618. The van der Waals surface area contributed by atoms with Crippen molar-refractivity contribution >= 4 is 22.9 Å². The molecule has 1 aromatic heterocycles. The Morgan fingerprint density at radius 3 is 2.74 bits per heavy atom. The number of hydrogen-bond acceptors (Lipinski definition) is 3. The quantitative estimate of drug-likeness (QED) is 0.780. The Morgan fingerprint density at radius 1 is 1.47 bits per heavy atom. The standard InChI is InChI=1S/C11H11F3N4O/c1-5(15)9(19)18-10-16-7-3-2-6(11(12,13)14)4-8(7)17-10/h2-5H,15H2,1H3,(H2,16,17,18,19). The molecule has 0 radical (unpaired) electrons. The summed E-state index contributed by atoms with van der Waals surface area (Å²) >= 11 is 0. The minimum Gasteiger partial charge on any atom is -0.324 e. The molecule has 2 aromatic rings. The topological polar surface area (TPSA) is 83.8 Å². The summed E-state index contributed by atoms with van der Waals surface area (Å²) in [5.41, 5.74) is 5.09. The van der Waals surface area contributed by atoms with Gasteiger partial charge in [0, 0.05) is 0 Å². The number of carbonyl (C=O) groups is 1. The molecule has 5 nitrogen and oxygen atoms in total. The molecule has 1 heterocycles. The predicted molar refractivity (Wildman–Crippen MR) is 63.4 cm³/mol. The number of imidazole rings is 1. The van der Waals surface area contributed by atoms with Gasteiger partial charge in [-0.15, -0.1) is 0 Å². The Morgan fingerprint density at radius 2 is 2.16 bits per heavy atom. The van der Waals surface area contributed by atoms with Gasteiger partial charge < -0.3 is 10.7 Å². The lowest BCUT2D eigenvalue weighted by Crippen LogP contribution is -2.32. The van der Waals surface area contributed by atoms with E-state index in [4.69, 9.17) is 5.73 Å². The Hall–Kier alpha value is -2.09. The summed E-state index contributed by atoms with van der Waals surface area (Å²) in [6.07, 6.45) is -4.42. The first-order valence-electron chi connectivity index (χ1n) is 5.41. The molecule has 0 spiro atoms. The number of nitrogens with one attached hydrogen (secondary N) is 2. The molecule has 0 aliphatic heterocycles. The lowest BCUT2D eigenvalue weighted by atomic mass is 10.2. The highest BCUT2D eigenvalue weighted by Gasteiger charge is 2.30. The Balaban J connectivity index is 2.33. The van der Waals surface area contributed by atoms with Crippen LogP contribution >= 0.6 is 0 Å². The van der Waals surface area contributed by atoms with Crippen LogP contribution in [-0.4, -0.2) is 21.9 Å². The van der Waals surface area contributed by atoms with Gasteiger partial charge in [0.05, 0.1) is 22.6 Å². The van der Waals surface area contributed by atoms with Crippen LogP contribution in [0.3, 0.4) is 0 Å². The average Bonchev–Trinajstić information content (AvgIpc) is 2.68. The maximum atomic E-state index is 12.5. The number of fused-ring (bicyclic) bond motifs is 1. The summed E-state index contributed by atoms with van der Waals surface area (Å²) in [4.78, 5) is 17.9. The summed E-state index contributed by atoms with van der Waals surface area (Å²) in [6.45, 7) is 1.49. The van der Waals surface area contributed by atoms with E-state index >= 15 is 0 Å². The maximum Gasteiger partial charge on any atom is 0.416 e. The largest absolute Gasteiger partial charge is 0.416 e. The molecule has 0 bridgehead atoms. The van der Waals surface area contributed by atoms with Crippen LogP contribution < -0.4 is 11.1 Å². The Kier molecular flexibility index (Phi) is 3.19. The lowest BCUT2D eigenvalue weighted by molar-refractivity contribution is -0.137. The van der Waals surface area contributed by atoms with Crippen molar-refractivity contribution in [1.29, 1.82) is 0 Å². The number of benzene rings is 1. The predicted octanol–water partition coefficient (Wildman–Crippen LogP) is 1.87. The minimum absolute atomic E-state index is 0.0663. The van der Waals surface area contributed by atoms with Gasteiger partial charge in [0.25, 0.3) is 0 Å². The molecule has 0 saturated carbocycles. The molecule has 0 aliphatic rings. The SMILES string of the molecule is CC(N)C(=O)Nc1nc2ccc(C(F)(F)F)cc2[nH]1. The molecule has 1 unspecified atom stereocenters. The van der Waals surface area contributed by atoms with Gasteiger partial charge in [0.15, 0.2) is 0 Å². The van der Waals surface area contributed by atoms with Gasteiger partial charge >= 0.3 is 6.18 Å². The molecule has 1 amide bonds. The van der Waals surface area contributed by atoms with Crippen LogP contribution in [0.15, 0.2) is 18.2 Å². The Labute approximate surface area is 106 Å². The van der Waals surface area contributed by atoms with Crippen LogP contribution in [0.1, 0.15) is 12.5 Å². The number of aromatic amines is 1. The van der Waals surface area contributed by atoms with Crippen LogP contribution in [0, 0.1) is 0 Å². The first-order valence-corrected chi connectivity index (χ1v) is 5.41. The van der Waals surface area contributed by atoms with Crippen molar-refractivity contribution in [3.05, 3.63) is 23.8 Å². The third-order valence-electron chi connectivity index (χ3n) is 2.46. The van der Waals surface area contributed by atoms with Crippen LogP contribution in [0.25, 0.3) is 11.0 Å². The highest BCUT2D eigenvalue weighted by molar-refractivity contribution is 5.94. The van der Waals surface area contributed by atoms with Gasteiger partial charge in [-0.1, -0.05) is 0 Å². The number of nitrogens with two attached hydrogens (primary N) is 1. The zero-order chi connectivity index (χ0) is 14.2. The number of rotatable bonds is 2. The number of anilines is 1. The molecule has 8 heteroatoms. The van der Waals surface area contributed by atoms with Gasteiger partial charge in [-0.05, 0) is 25.1 Å². The number of nitrogens with zero attached hydrogens (tertiary/aromatic N) is 1. The van der Waals surface area contributed by atoms with Crippen LogP contribution in [-0.2, 0) is 11.0 Å². The second-order valence-corrected chi connectivity index (χ2v) is 4.09. The van der Waals surface area contributed by atoms with Gasteiger partial charge in [-0.2, -0.15) is 13.2 Å². The van der Waals surface area contributed by atoms with Crippen molar-refractivity contribution in [2.24, 2.45) is 5.73 Å². The highest BCUT2D eigenvalue weighted by atomic mass is 19.4. The number of hydrogen-bond donors (Lipinski definition) is 3. The fourth-order valence-corrected chi connectivity index (χ4v) is 1.48. The monoisotopic (exact) mass is 272 g/mol. The molecule has 19 heavy (non-hydrogen) atoms. The number of aromatic nitrogens is 2. The van der Waals surface area contributed by atoms with Gasteiger partial charge in [-0.3, -0.25) is 10.1 Å². The zero-order valence-electron chi connectivity index (χ0n) is 9.88. The number of H-pyrrole nitrogens is 1. The van der Waals surface area contributed by atoms with Crippen molar-refractivity contribution in [1.82, 2.24) is 9.97 Å². The van der Waals surface area contributed by atoms with Crippen molar-refractivity contribution in [2.45, 2.75) is 19.1 Å². The molecule has 4 N–H and O–H groups in total. The molecule has 0 fully saturated rings. The molecular weight excluding hydrogens is 261 g/mol. The van der Waals surface area contributed by atoms with Crippen molar-refractivity contribution in [2.75, 3.05) is 5.32 Å². The van der Waals surface area contributed by atoms with E-state index in [1.165, 1.54) is 13.0 Å². The third kappa shape index (κ3) is 2.84. The van der Waals surface area contributed by atoms with Crippen molar-refractivity contribution in [3.63, 3.8) is 0 Å². The fraction of sp³-hybridized carbons (Fsp3) is 0.273. The summed E-state index contributed by atoms with van der Waals surface area (Å²) in [5.74, 6) is -0.410. The average molecular weight is 272 g/mol. The first-order chi connectivity index (χ1) is 8.77. The number of carbonyl (C=O) groups excluding carboxylic acids is 1. The van der Waals surface area contributed by atoms with Gasteiger partial charge in [0.2, 0.25) is 11.9 Å². The van der Waals surface area contributed by atoms with E-state index in [2.05, 4.69) is 15.3 Å². The van der Waals surface area contributed by atoms with Gasteiger partial charge in [0.1, 0.15) is 0 Å². The van der Waals surface area contributed by atoms with E-state index in [-0.39, 0.29) is 11.5 Å². The molecule has 0 aliphatic carbocycles.